The van der Waals surface area contributed by atoms with Crippen molar-refractivity contribution in [3.63, 3.8) is 0 Å². The number of hydrogen-bond donors (Lipinski definition) is 3. The summed E-state index contributed by atoms with van der Waals surface area (Å²) >= 11 is 0. The molecule has 85 heavy (non-hydrogen) atoms. The van der Waals surface area contributed by atoms with Crippen LogP contribution in [0.4, 0.5) is 0 Å². The Morgan fingerprint density at radius 3 is 0.835 bits per heavy atom. The van der Waals surface area contributed by atoms with Gasteiger partial charge >= 0.3 is 5.97 Å². The lowest BCUT2D eigenvalue weighted by atomic mass is 10.0. The summed E-state index contributed by atoms with van der Waals surface area (Å²) < 4.78 is 5.51. The highest BCUT2D eigenvalue weighted by Crippen LogP contribution is 2.20. The van der Waals surface area contributed by atoms with Crippen LogP contribution in [-0.2, 0) is 14.3 Å². The molecule has 0 aromatic rings. The topological polar surface area (TPSA) is 95.9 Å². The van der Waals surface area contributed by atoms with Gasteiger partial charge in [0.05, 0.1) is 25.4 Å². The fourth-order valence-corrected chi connectivity index (χ4v) is 12.5. The van der Waals surface area contributed by atoms with Crippen molar-refractivity contribution in [1.29, 1.82) is 0 Å². The Kier molecular flexibility index (Phi) is 73.3. The molecule has 0 radical (unpaired) electrons. The molecule has 3 N–H and O–H groups in total. The molecule has 6 nitrogen and oxygen atoms in total. The lowest BCUT2D eigenvalue weighted by molar-refractivity contribution is -0.143. The van der Waals surface area contributed by atoms with Gasteiger partial charge in [-0.3, -0.25) is 9.59 Å². The van der Waals surface area contributed by atoms with E-state index in [0.29, 0.717) is 19.4 Å². The van der Waals surface area contributed by atoms with Crippen molar-refractivity contribution in [2.45, 2.75) is 456 Å². The number of rotatable bonds is 74. The molecule has 0 fully saturated rings. The van der Waals surface area contributed by atoms with Gasteiger partial charge in [-0.15, -0.1) is 0 Å². The summed E-state index contributed by atoms with van der Waals surface area (Å²) in [5.41, 5.74) is 0. The third-order valence-electron chi connectivity index (χ3n) is 18.5. The van der Waals surface area contributed by atoms with Crippen molar-refractivity contribution in [1.82, 2.24) is 5.32 Å². The van der Waals surface area contributed by atoms with Crippen molar-refractivity contribution in [2.75, 3.05) is 13.2 Å². The van der Waals surface area contributed by atoms with Gasteiger partial charge in [0.1, 0.15) is 0 Å². The normalized spacial score (nSPS) is 12.6. The first-order chi connectivity index (χ1) is 42.0. The van der Waals surface area contributed by atoms with Gasteiger partial charge in [0.25, 0.3) is 0 Å². The van der Waals surface area contributed by atoms with Crippen LogP contribution in [0.5, 0.6) is 0 Å². The molecule has 0 aliphatic heterocycles. The van der Waals surface area contributed by atoms with Crippen LogP contribution in [0.2, 0.25) is 0 Å². The van der Waals surface area contributed by atoms with Crippen molar-refractivity contribution in [3.8, 4) is 0 Å². The van der Waals surface area contributed by atoms with E-state index in [1.54, 1.807) is 6.08 Å². The molecular weight excluding hydrogens is 1040 g/mol. The number of ether oxygens (including phenoxy) is 1. The molecule has 0 heterocycles. The van der Waals surface area contributed by atoms with E-state index in [9.17, 15) is 19.8 Å². The largest absolute Gasteiger partial charge is 0.466 e. The minimum atomic E-state index is -0.842. The zero-order valence-electron chi connectivity index (χ0n) is 57.9. The standard InChI is InChI=1S/C79H153NO5/c1-3-5-7-9-11-13-15-17-19-21-36-39-43-47-51-55-59-63-67-71-77(82)76(75-81)80-78(83)72-68-64-60-56-52-48-44-40-37-34-32-30-28-26-24-23-25-27-29-31-33-35-38-42-46-50-54-58-62-66-70-74-85-79(84)73-69-65-61-57-53-49-45-41-22-20-18-16-14-12-10-8-6-4-2/h20,22,67,71,76-77,81-82H,3-19,21,23-66,68-70,72-75H2,1-2H3,(H,80,83)/b22-20-,71-67+. The smallest absolute Gasteiger partial charge is 0.305 e. The number of aliphatic hydroxyl groups is 2. The second-order valence-electron chi connectivity index (χ2n) is 27.0. The summed E-state index contributed by atoms with van der Waals surface area (Å²) in [6.07, 6.45) is 95.8. The highest BCUT2D eigenvalue weighted by Gasteiger charge is 2.18. The van der Waals surface area contributed by atoms with Crippen LogP contribution in [0.15, 0.2) is 24.3 Å². The Balaban J connectivity index is 3.34. The van der Waals surface area contributed by atoms with E-state index in [-0.39, 0.29) is 18.5 Å². The van der Waals surface area contributed by atoms with Crippen molar-refractivity contribution < 1.29 is 24.5 Å². The van der Waals surface area contributed by atoms with Crippen LogP contribution < -0.4 is 5.32 Å². The van der Waals surface area contributed by atoms with Gasteiger partial charge < -0.3 is 20.3 Å². The minimum Gasteiger partial charge on any atom is -0.466 e. The first kappa shape index (κ1) is 83.3. The maximum Gasteiger partial charge on any atom is 0.305 e. The molecule has 0 saturated heterocycles. The Bertz CT molecular complexity index is 1330. The molecule has 0 saturated carbocycles. The molecule has 1 amide bonds. The van der Waals surface area contributed by atoms with Gasteiger partial charge in [-0.1, -0.05) is 398 Å². The van der Waals surface area contributed by atoms with Crippen LogP contribution in [-0.4, -0.2) is 47.4 Å². The number of unbranched alkanes of at least 4 members (excludes halogenated alkanes) is 61. The second kappa shape index (κ2) is 74.8. The van der Waals surface area contributed by atoms with Crippen LogP contribution in [0.3, 0.4) is 0 Å². The number of allylic oxidation sites excluding steroid dienone is 3. The first-order valence-electron chi connectivity index (χ1n) is 39.1. The fraction of sp³-hybridized carbons (Fsp3) is 0.924. The number of hydrogen-bond acceptors (Lipinski definition) is 5. The van der Waals surface area contributed by atoms with Crippen molar-refractivity contribution >= 4 is 11.9 Å². The zero-order chi connectivity index (χ0) is 61.3. The molecule has 0 spiro atoms. The monoisotopic (exact) mass is 1200 g/mol. The van der Waals surface area contributed by atoms with Gasteiger partial charge in [0.2, 0.25) is 5.91 Å². The lowest BCUT2D eigenvalue weighted by Crippen LogP contribution is -2.45. The van der Waals surface area contributed by atoms with Crippen LogP contribution in [0.25, 0.3) is 0 Å². The van der Waals surface area contributed by atoms with Gasteiger partial charge in [0, 0.05) is 12.8 Å². The van der Waals surface area contributed by atoms with Gasteiger partial charge in [-0.05, 0) is 57.8 Å². The number of carbonyl (C=O) groups is 2. The van der Waals surface area contributed by atoms with Gasteiger partial charge in [-0.25, -0.2) is 0 Å². The van der Waals surface area contributed by atoms with Crippen LogP contribution in [0, 0.1) is 0 Å². The van der Waals surface area contributed by atoms with Gasteiger partial charge in [0.15, 0.2) is 0 Å². The van der Waals surface area contributed by atoms with Crippen molar-refractivity contribution in [2.24, 2.45) is 0 Å². The Morgan fingerprint density at radius 1 is 0.318 bits per heavy atom. The first-order valence-corrected chi connectivity index (χ1v) is 39.1. The molecule has 2 atom stereocenters. The van der Waals surface area contributed by atoms with E-state index in [1.807, 2.05) is 6.08 Å². The molecule has 504 valence electrons. The summed E-state index contributed by atoms with van der Waals surface area (Å²) in [6.45, 7) is 4.95. The third-order valence-corrected chi connectivity index (χ3v) is 18.5. The molecule has 0 bridgehead atoms. The third kappa shape index (κ3) is 71.3. The number of carbonyl (C=O) groups excluding carboxylic acids is 2. The maximum absolute atomic E-state index is 12.5. The maximum atomic E-state index is 12.5. The highest BCUT2D eigenvalue weighted by molar-refractivity contribution is 5.76. The van der Waals surface area contributed by atoms with E-state index in [4.69, 9.17) is 4.74 Å². The van der Waals surface area contributed by atoms with E-state index in [2.05, 4.69) is 31.3 Å². The van der Waals surface area contributed by atoms with E-state index < -0.39 is 12.1 Å². The lowest BCUT2D eigenvalue weighted by Gasteiger charge is -2.20. The summed E-state index contributed by atoms with van der Waals surface area (Å²) in [5, 5.41) is 23.3. The number of esters is 1. The Hall–Kier alpha value is -1.66. The van der Waals surface area contributed by atoms with Crippen LogP contribution in [0.1, 0.15) is 444 Å². The van der Waals surface area contributed by atoms with Crippen LogP contribution >= 0.6 is 0 Å². The number of nitrogens with one attached hydrogen (secondary N) is 1. The second-order valence-corrected chi connectivity index (χ2v) is 27.0. The fourth-order valence-electron chi connectivity index (χ4n) is 12.5. The average molecular weight is 1200 g/mol. The van der Waals surface area contributed by atoms with E-state index in [1.165, 1.54) is 372 Å². The molecule has 2 unspecified atom stereocenters. The molecule has 0 aliphatic rings. The Labute approximate surface area is 532 Å². The molecule has 0 aromatic heterocycles. The summed E-state index contributed by atoms with van der Waals surface area (Å²) in [5.74, 6) is -0.0410. The average Bonchev–Trinajstić information content (AvgIpc) is 3.51. The Morgan fingerprint density at radius 2 is 0.553 bits per heavy atom. The highest BCUT2D eigenvalue weighted by atomic mass is 16.5. The molecule has 0 rings (SSSR count). The predicted molar refractivity (Wildman–Crippen MR) is 375 cm³/mol. The predicted octanol–water partition coefficient (Wildman–Crippen LogP) is 25.7. The number of amides is 1. The number of aliphatic hydroxyl groups excluding tert-OH is 2. The molecule has 6 heteroatoms. The molecule has 0 aliphatic carbocycles. The zero-order valence-corrected chi connectivity index (χ0v) is 57.9. The minimum absolute atomic E-state index is 0.0185. The summed E-state index contributed by atoms with van der Waals surface area (Å²) in [6, 6.07) is -0.625. The van der Waals surface area contributed by atoms with E-state index in [0.717, 1.165) is 44.9 Å². The van der Waals surface area contributed by atoms with E-state index >= 15 is 0 Å². The summed E-state index contributed by atoms with van der Waals surface area (Å²) in [4.78, 5) is 24.6. The van der Waals surface area contributed by atoms with Gasteiger partial charge in [-0.2, -0.15) is 0 Å². The molecular formula is C79H153NO5. The molecule has 0 aromatic carbocycles. The quantitative estimate of drug-likeness (QED) is 0.0320. The van der Waals surface area contributed by atoms with Crippen molar-refractivity contribution in [3.05, 3.63) is 24.3 Å². The summed E-state index contributed by atoms with van der Waals surface area (Å²) in [7, 11) is 0. The SMILES string of the molecule is CCCCCCCCC/C=C\CCCCCCCCCC(=O)OCCCCCCCCCCCCCCCCCCCCCCCCCCCCCCCCCC(=O)NC(CO)C(O)/C=C/CCCCCCCCCCCCCCCCCCC.